The maximum atomic E-state index is 11.7. The van der Waals surface area contributed by atoms with Gasteiger partial charge < -0.3 is 9.47 Å². The highest BCUT2D eigenvalue weighted by molar-refractivity contribution is 5.94. The van der Waals surface area contributed by atoms with Crippen molar-refractivity contribution in [1.29, 1.82) is 0 Å². The zero-order valence-electron chi connectivity index (χ0n) is 14.3. The number of methoxy groups -OCH3 is 2. The fourth-order valence-electron chi connectivity index (χ4n) is 2.49. The normalized spacial score (nSPS) is 10.8. The second-order valence-electron chi connectivity index (χ2n) is 5.38. The molecule has 1 aromatic heterocycles. The van der Waals surface area contributed by atoms with Crippen LogP contribution in [0.4, 0.5) is 0 Å². The quantitative estimate of drug-likeness (QED) is 0.440. The number of carbonyl (C=O) groups excluding carboxylic acids is 2. The molecule has 0 saturated heterocycles. The number of rotatable bonds is 7. The molecule has 0 aliphatic carbocycles. The van der Waals surface area contributed by atoms with Crippen LogP contribution in [0, 0.1) is 5.92 Å². The first-order chi connectivity index (χ1) is 12.2. The zero-order valence-corrected chi connectivity index (χ0v) is 14.3. The monoisotopic (exact) mass is 339 g/mol. The molecule has 5 heteroatoms. The lowest BCUT2D eigenvalue weighted by Crippen LogP contribution is -2.25. The lowest BCUT2D eigenvalue weighted by Gasteiger charge is -2.10. The molecule has 0 radical (unpaired) electrons. The molecular formula is C20H21NO4. The molecule has 130 valence electrons. The van der Waals surface area contributed by atoms with Crippen LogP contribution in [0.15, 0.2) is 60.8 Å². The van der Waals surface area contributed by atoms with E-state index in [9.17, 15) is 9.59 Å². The Morgan fingerprint density at radius 2 is 1.68 bits per heavy atom. The van der Waals surface area contributed by atoms with Crippen LogP contribution >= 0.6 is 0 Å². The van der Waals surface area contributed by atoms with E-state index >= 15 is 0 Å². The number of hydrogen-bond acceptors (Lipinski definition) is 5. The summed E-state index contributed by atoms with van der Waals surface area (Å²) < 4.78 is 9.29. The number of aromatic nitrogens is 1. The lowest BCUT2D eigenvalue weighted by atomic mass is 10.00. The zero-order chi connectivity index (χ0) is 18.1. The SMILES string of the molecule is COC(=O)C(C/C=C\Cc1ccccc1-c1ccccn1)C(=O)OC. The Kier molecular flexibility index (Phi) is 6.89. The predicted octanol–water partition coefficient (Wildman–Crippen LogP) is 3.20. The van der Waals surface area contributed by atoms with Gasteiger partial charge in [0.2, 0.25) is 0 Å². The van der Waals surface area contributed by atoms with Gasteiger partial charge in [0.1, 0.15) is 0 Å². The van der Waals surface area contributed by atoms with Gasteiger partial charge in [0.25, 0.3) is 0 Å². The molecule has 1 heterocycles. The Morgan fingerprint density at radius 3 is 2.32 bits per heavy atom. The molecule has 0 aliphatic rings. The van der Waals surface area contributed by atoms with Crippen LogP contribution in [0.2, 0.25) is 0 Å². The standard InChI is InChI=1S/C20H21NO4/c1-24-19(22)17(20(23)25-2)12-6-4-10-15-9-3-5-11-16(15)18-13-7-8-14-21-18/h3-9,11,13-14,17H,10,12H2,1-2H3/b6-4-. The summed E-state index contributed by atoms with van der Waals surface area (Å²) in [6.07, 6.45) is 6.40. The smallest absolute Gasteiger partial charge is 0.320 e. The van der Waals surface area contributed by atoms with E-state index in [0.29, 0.717) is 6.42 Å². The first-order valence-corrected chi connectivity index (χ1v) is 7.97. The van der Waals surface area contributed by atoms with Gasteiger partial charge in [0, 0.05) is 11.8 Å². The molecule has 0 aliphatic heterocycles. The maximum absolute atomic E-state index is 11.7. The molecule has 5 nitrogen and oxygen atoms in total. The van der Waals surface area contributed by atoms with E-state index in [0.717, 1.165) is 16.8 Å². The van der Waals surface area contributed by atoms with Gasteiger partial charge in [-0.3, -0.25) is 14.6 Å². The van der Waals surface area contributed by atoms with Crippen molar-refractivity contribution in [3.8, 4) is 11.3 Å². The van der Waals surface area contributed by atoms with Crippen LogP contribution in [0.1, 0.15) is 12.0 Å². The van der Waals surface area contributed by atoms with Crippen LogP contribution in [0.5, 0.6) is 0 Å². The average molecular weight is 339 g/mol. The Labute approximate surface area is 147 Å². The average Bonchev–Trinajstić information content (AvgIpc) is 2.68. The highest BCUT2D eigenvalue weighted by atomic mass is 16.5. The van der Waals surface area contributed by atoms with E-state index in [1.807, 2.05) is 48.5 Å². The third kappa shape index (κ3) is 5.01. The van der Waals surface area contributed by atoms with Crippen molar-refractivity contribution >= 4 is 11.9 Å². The van der Waals surface area contributed by atoms with E-state index < -0.39 is 17.9 Å². The van der Waals surface area contributed by atoms with Crippen LogP contribution < -0.4 is 0 Å². The minimum atomic E-state index is -0.933. The molecule has 25 heavy (non-hydrogen) atoms. The Hall–Kier alpha value is -2.95. The molecule has 0 amide bonds. The maximum Gasteiger partial charge on any atom is 0.320 e. The summed E-state index contributed by atoms with van der Waals surface area (Å²) in [5, 5.41) is 0. The van der Waals surface area contributed by atoms with Crippen molar-refractivity contribution in [3.63, 3.8) is 0 Å². The number of pyridine rings is 1. The van der Waals surface area contributed by atoms with Crippen molar-refractivity contribution in [3.05, 3.63) is 66.4 Å². The van der Waals surface area contributed by atoms with Crippen LogP contribution in [0.25, 0.3) is 11.3 Å². The minimum Gasteiger partial charge on any atom is -0.468 e. The van der Waals surface area contributed by atoms with E-state index in [-0.39, 0.29) is 6.42 Å². The Balaban J connectivity index is 2.07. The summed E-state index contributed by atoms with van der Waals surface area (Å²) in [5.41, 5.74) is 3.09. The van der Waals surface area contributed by atoms with Crippen LogP contribution in [-0.4, -0.2) is 31.1 Å². The predicted molar refractivity (Wildman–Crippen MR) is 94.7 cm³/mol. The van der Waals surface area contributed by atoms with E-state index in [2.05, 4.69) is 14.5 Å². The van der Waals surface area contributed by atoms with Crippen molar-refractivity contribution in [2.24, 2.45) is 5.92 Å². The van der Waals surface area contributed by atoms with Gasteiger partial charge in [0.05, 0.1) is 19.9 Å². The van der Waals surface area contributed by atoms with Crippen molar-refractivity contribution in [2.45, 2.75) is 12.8 Å². The van der Waals surface area contributed by atoms with E-state index in [4.69, 9.17) is 0 Å². The molecule has 0 bridgehead atoms. The van der Waals surface area contributed by atoms with Crippen molar-refractivity contribution < 1.29 is 19.1 Å². The van der Waals surface area contributed by atoms with Gasteiger partial charge in [-0.1, -0.05) is 42.5 Å². The molecule has 2 rings (SSSR count). The summed E-state index contributed by atoms with van der Waals surface area (Å²) >= 11 is 0. The number of carbonyl (C=O) groups is 2. The molecule has 1 aromatic carbocycles. The minimum absolute atomic E-state index is 0.241. The number of esters is 2. The van der Waals surface area contributed by atoms with Gasteiger partial charge >= 0.3 is 11.9 Å². The van der Waals surface area contributed by atoms with E-state index in [1.54, 1.807) is 12.3 Å². The number of allylic oxidation sites excluding steroid dienone is 2. The third-order valence-corrected chi connectivity index (χ3v) is 3.81. The molecule has 0 saturated carbocycles. The lowest BCUT2D eigenvalue weighted by molar-refractivity contribution is -0.158. The molecule has 0 N–H and O–H groups in total. The summed E-state index contributed by atoms with van der Waals surface area (Å²) in [4.78, 5) is 27.7. The van der Waals surface area contributed by atoms with Gasteiger partial charge in [-0.05, 0) is 30.5 Å². The van der Waals surface area contributed by atoms with Gasteiger partial charge in [-0.15, -0.1) is 0 Å². The van der Waals surface area contributed by atoms with Crippen molar-refractivity contribution in [2.75, 3.05) is 14.2 Å². The fourth-order valence-corrected chi connectivity index (χ4v) is 2.49. The number of nitrogens with zero attached hydrogens (tertiary/aromatic N) is 1. The third-order valence-electron chi connectivity index (χ3n) is 3.81. The van der Waals surface area contributed by atoms with Gasteiger partial charge in [0.15, 0.2) is 5.92 Å². The van der Waals surface area contributed by atoms with E-state index in [1.165, 1.54) is 14.2 Å². The first-order valence-electron chi connectivity index (χ1n) is 7.97. The van der Waals surface area contributed by atoms with Gasteiger partial charge in [-0.2, -0.15) is 0 Å². The molecule has 0 atom stereocenters. The molecular weight excluding hydrogens is 318 g/mol. The van der Waals surface area contributed by atoms with Crippen LogP contribution in [-0.2, 0) is 25.5 Å². The van der Waals surface area contributed by atoms with Gasteiger partial charge in [-0.25, -0.2) is 0 Å². The molecule has 0 spiro atoms. The largest absolute Gasteiger partial charge is 0.468 e. The second-order valence-corrected chi connectivity index (χ2v) is 5.38. The van der Waals surface area contributed by atoms with Crippen molar-refractivity contribution in [1.82, 2.24) is 4.98 Å². The summed E-state index contributed by atoms with van der Waals surface area (Å²) in [6.45, 7) is 0. The Morgan fingerprint density at radius 1 is 1.00 bits per heavy atom. The molecule has 0 unspecified atom stereocenters. The first kappa shape index (κ1) is 18.4. The number of hydrogen-bond donors (Lipinski definition) is 0. The Bertz CT molecular complexity index is 724. The summed E-state index contributed by atoms with van der Waals surface area (Å²) in [6, 6.07) is 13.8. The number of ether oxygens (including phenoxy) is 2. The second kappa shape index (κ2) is 9.37. The highest BCUT2D eigenvalue weighted by Crippen LogP contribution is 2.22. The molecule has 0 fully saturated rings. The summed E-state index contributed by atoms with van der Waals surface area (Å²) in [7, 11) is 2.51. The summed E-state index contributed by atoms with van der Waals surface area (Å²) in [5.74, 6) is -2.12. The highest BCUT2D eigenvalue weighted by Gasteiger charge is 2.26. The number of benzene rings is 1. The topological polar surface area (TPSA) is 65.5 Å². The van der Waals surface area contributed by atoms with Crippen LogP contribution in [0.3, 0.4) is 0 Å². The fraction of sp³-hybridized carbons (Fsp3) is 0.250. The molecule has 2 aromatic rings.